The molecular weight excluding hydrogens is 467 g/mol. The number of nitrogens with two attached hydrogens (primary N) is 1. The predicted octanol–water partition coefficient (Wildman–Crippen LogP) is 7.98. The molecule has 0 unspecified atom stereocenters. The molecule has 0 saturated heterocycles. The fraction of sp³-hybridized carbons (Fsp3) is 0.222. The summed E-state index contributed by atoms with van der Waals surface area (Å²) in [6.45, 7) is 6.03. The number of aromatic nitrogens is 1. The van der Waals surface area contributed by atoms with Gasteiger partial charge in [0.05, 0.1) is 11.7 Å². The first-order valence-corrected chi connectivity index (χ1v) is 12.1. The minimum atomic E-state index is -0.264. The number of nitrogens with one attached hydrogen (secondary N) is 2. The summed E-state index contributed by atoms with van der Waals surface area (Å²) in [4.78, 5) is 18.9. The molecule has 0 aliphatic rings. The average molecular weight is 495 g/mol. The molecule has 2 amide bonds. The highest BCUT2D eigenvalue weighted by atomic mass is 35.5. The summed E-state index contributed by atoms with van der Waals surface area (Å²) >= 11 is 12.6. The van der Waals surface area contributed by atoms with Crippen LogP contribution in [0, 0.1) is 0 Å². The number of amides is 2. The van der Waals surface area contributed by atoms with Gasteiger partial charge in [0.25, 0.3) is 0 Å². The molecule has 0 aliphatic carbocycles. The highest BCUT2D eigenvalue weighted by Gasteiger charge is 2.26. The van der Waals surface area contributed by atoms with E-state index >= 15 is 0 Å². The Morgan fingerprint density at radius 1 is 1.03 bits per heavy atom. The van der Waals surface area contributed by atoms with Crippen LogP contribution in [0.2, 0.25) is 10.0 Å². The Morgan fingerprint density at radius 3 is 2.41 bits per heavy atom. The first-order chi connectivity index (χ1) is 16.3. The van der Waals surface area contributed by atoms with Crippen LogP contribution in [0.25, 0.3) is 10.9 Å². The number of carbonyl (C=O) groups excluding carboxylic acids is 1. The number of hydrogen-bond acceptors (Lipinski definition) is 2. The molecule has 1 heterocycles. The Balaban J connectivity index is 1.80. The number of rotatable bonds is 6. The third kappa shape index (κ3) is 4.59. The van der Waals surface area contributed by atoms with Crippen LogP contribution in [-0.2, 0) is 12.8 Å². The van der Waals surface area contributed by atoms with Crippen LogP contribution in [0.15, 0.2) is 60.8 Å². The van der Waals surface area contributed by atoms with Crippen molar-refractivity contribution in [3.8, 4) is 0 Å². The lowest BCUT2D eigenvalue weighted by atomic mass is 10.0. The maximum atomic E-state index is 13.9. The first kappa shape index (κ1) is 24.0. The maximum Gasteiger partial charge on any atom is 0.326 e. The molecular formula is C27H28Cl2N4O. The maximum absolute atomic E-state index is 13.9. The molecule has 176 valence electrons. The van der Waals surface area contributed by atoms with Crippen molar-refractivity contribution in [2.75, 3.05) is 16.0 Å². The van der Waals surface area contributed by atoms with Crippen LogP contribution >= 0.6 is 23.2 Å². The monoisotopic (exact) mass is 494 g/mol. The predicted molar refractivity (Wildman–Crippen MR) is 144 cm³/mol. The lowest BCUT2D eigenvalue weighted by Gasteiger charge is -2.31. The van der Waals surface area contributed by atoms with Crippen LogP contribution in [-0.4, -0.2) is 11.0 Å². The molecule has 7 heteroatoms. The molecule has 0 bridgehead atoms. The molecule has 0 saturated carbocycles. The second-order valence-corrected chi connectivity index (χ2v) is 9.11. The van der Waals surface area contributed by atoms with E-state index in [0.717, 1.165) is 33.3 Å². The van der Waals surface area contributed by atoms with Crippen molar-refractivity contribution in [3.63, 3.8) is 0 Å². The molecule has 5 nitrogen and oxygen atoms in total. The van der Waals surface area contributed by atoms with Gasteiger partial charge in [0.2, 0.25) is 0 Å². The van der Waals surface area contributed by atoms with Gasteiger partial charge in [0, 0.05) is 38.5 Å². The Hall–Kier alpha value is -3.15. The highest BCUT2D eigenvalue weighted by Crippen LogP contribution is 2.36. The number of nitrogen functional groups attached to an aromatic ring is 1. The Morgan fingerprint density at radius 2 is 1.74 bits per heavy atom. The second-order valence-electron chi connectivity index (χ2n) is 8.26. The summed E-state index contributed by atoms with van der Waals surface area (Å²) in [5.74, 6) is 0. The summed E-state index contributed by atoms with van der Waals surface area (Å²) < 4.78 is 0. The van der Waals surface area contributed by atoms with E-state index in [1.165, 1.54) is 0 Å². The van der Waals surface area contributed by atoms with E-state index < -0.39 is 0 Å². The van der Waals surface area contributed by atoms with E-state index in [4.69, 9.17) is 28.9 Å². The van der Waals surface area contributed by atoms with Crippen LogP contribution < -0.4 is 16.0 Å². The lowest BCUT2D eigenvalue weighted by Crippen LogP contribution is -2.37. The zero-order valence-electron chi connectivity index (χ0n) is 19.5. The van der Waals surface area contributed by atoms with Gasteiger partial charge in [-0.25, -0.2) is 4.79 Å². The van der Waals surface area contributed by atoms with Crippen molar-refractivity contribution < 1.29 is 4.79 Å². The SMILES string of the molecule is CCc1c(N)cc(Cl)c(CC)c1NC(=O)N(c1ccc2[nH]ccc2c1)[C@@H](C)c1ccc(Cl)cc1. The summed E-state index contributed by atoms with van der Waals surface area (Å²) in [7, 11) is 0. The number of anilines is 3. The van der Waals surface area contributed by atoms with Crippen LogP contribution in [0.4, 0.5) is 21.9 Å². The Kier molecular flexibility index (Phi) is 7.05. The van der Waals surface area contributed by atoms with Crippen molar-refractivity contribution in [1.29, 1.82) is 0 Å². The molecule has 1 aromatic heterocycles. The summed E-state index contributed by atoms with van der Waals surface area (Å²) in [5, 5.41) is 5.38. The standard InChI is InChI=1S/C27H28Cl2N4O/c1-4-21-23(29)15-24(30)22(5-2)26(21)32-27(34)33(16(3)17-6-8-19(28)9-7-17)20-10-11-25-18(14-20)12-13-31-25/h6-16,31H,4-5,30H2,1-3H3,(H,32,34)/t16-/m0/s1. The first-order valence-electron chi connectivity index (χ1n) is 11.4. The lowest BCUT2D eigenvalue weighted by molar-refractivity contribution is 0.255. The normalized spacial score (nSPS) is 12.0. The van der Waals surface area contributed by atoms with E-state index in [9.17, 15) is 4.79 Å². The third-order valence-corrected chi connectivity index (χ3v) is 6.82. The fourth-order valence-electron chi connectivity index (χ4n) is 4.40. The van der Waals surface area contributed by atoms with Crippen molar-refractivity contribution in [3.05, 3.63) is 87.5 Å². The molecule has 0 aliphatic heterocycles. The van der Waals surface area contributed by atoms with E-state index in [2.05, 4.69) is 10.3 Å². The molecule has 0 spiro atoms. The van der Waals surface area contributed by atoms with Gasteiger partial charge in [-0.15, -0.1) is 0 Å². The smallest absolute Gasteiger partial charge is 0.326 e. The zero-order chi connectivity index (χ0) is 24.4. The number of benzene rings is 3. The summed E-state index contributed by atoms with van der Waals surface area (Å²) in [6.07, 6.45) is 3.23. The molecule has 4 aromatic rings. The quantitative estimate of drug-likeness (QED) is 0.237. The molecule has 34 heavy (non-hydrogen) atoms. The Labute approximate surface area is 209 Å². The third-order valence-electron chi connectivity index (χ3n) is 6.24. The zero-order valence-corrected chi connectivity index (χ0v) is 21.0. The number of carbonyl (C=O) groups is 1. The topological polar surface area (TPSA) is 74.2 Å². The molecule has 0 fully saturated rings. The van der Waals surface area contributed by atoms with Crippen LogP contribution in [0.3, 0.4) is 0 Å². The van der Waals surface area contributed by atoms with Gasteiger partial charge in [-0.05, 0) is 78.9 Å². The number of halogens is 2. The van der Waals surface area contributed by atoms with Gasteiger partial charge in [-0.2, -0.15) is 0 Å². The molecule has 4 rings (SSSR count). The van der Waals surface area contributed by atoms with E-state index in [1.54, 1.807) is 11.0 Å². The fourth-order valence-corrected chi connectivity index (χ4v) is 4.87. The second kappa shape index (κ2) is 10.00. The van der Waals surface area contributed by atoms with E-state index in [1.807, 2.05) is 75.5 Å². The molecule has 1 atom stereocenters. The number of nitrogens with zero attached hydrogens (tertiary/aromatic N) is 1. The molecule has 0 radical (unpaired) electrons. The van der Waals surface area contributed by atoms with Crippen molar-refractivity contribution in [1.82, 2.24) is 4.98 Å². The number of hydrogen-bond donors (Lipinski definition) is 3. The van der Waals surface area contributed by atoms with Crippen molar-refractivity contribution >= 4 is 57.2 Å². The van der Waals surface area contributed by atoms with Crippen molar-refractivity contribution in [2.45, 2.75) is 39.7 Å². The van der Waals surface area contributed by atoms with Crippen molar-refractivity contribution in [2.24, 2.45) is 0 Å². The van der Waals surface area contributed by atoms with E-state index in [0.29, 0.717) is 34.3 Å². The van der Waals surface area contributed by atoms with Crippen LogP contribution in [0.1, 0.15) is 43.5 Å². The molecule has 4 N–H and O–H groups in total. The highest BCUT2D eigenvalue weighted by molar-refractivity contribution is 6.32. The molecule has 3 aromatic carbocycles. The number of fused-ring (bicyclic) bond motifs is 1. The largest absolute Gasteiger partial charge is 0.398 e. The van der Waals surface area contributed by atoms with Gasteiger partial charge >= 0.3 is 6.03 Å². The van der Waals surface area contributed by atoms with Gasteiger partial charge in [-0.3, -0.25) is 4.90 Å². The van der Waals surface area contributed by atoms with Gasteiger partial charge in [-0.1, -0.05) is 49.2 Å². The van der Waals surface area contributed by atoms with E-state index in [-0.39, 0.29) is 12.1 Å². The Bertz CT molecular complexity index is 1300. The number of urea groups is 1. The summed E-state index contributed by atoms with van der Waals surface area (Å²) in [6, 6.07) is 16.7. The van der Waals surface area contributed by atoms with Gasteiger partial charge in [0.15, 0.2) is 0 Å². The minimum absolute atomic E-state index is 0.261. The average Bonchev–Trinajstić information content (AvgIpc) is 3.28. The van der Waals surface area contributed by atoms with Crippen LogP contribution in [0.5, 0.6) is 0 Å². The van der Waals surface area contributed by atoms with Gasteiger partial charge < -0.3 is 16.0 Å². The summed E-state index contributed by atoms with van der Waals surface area (Å²) in [5.41, 5.74) is 12.0. The number of aromatic amines is 1. The van der Waals surface area contributed by atoms with Gasteiger partial charge in [0.1, 0.15) is 0 Å². The minimum Gasteiger partial charge on any atom is -0.398 e. The number of H-pyrrole nitrogens is 1.